The van der Waals surface area contributed by atoms with Crippen LogP contribution in [0.3, 0.4) is 0 Å². The highest BCUT2D eigenvalue weighted by atomic mass is 16.5. The predicted octanol–water partition coefficient (Wildman–Crippen LogP) is 2.44. The van der Waals surface area contributed by atoms with Gasteiger partial charge in [-0.25, -0.2) is 9.50 Å². The number of rotatable bonds is 4. The van der Waals surface area contributed by atoms with E-state index >= 15 is 0 Å². The number of benzene rings is 1. The largest absolute Gasteiger partial charge is 0.497 e. The lowest BCUT2D eigenvalue weighted by Crippen LogP contribution is -2.46. The van der Waals surface area contributed by atoms with E-state index in [2.05, 4.69) is 10.1 Å². The SMILES string of the molecule is COc1cccc(C[C@@H]2CN(C(=O)c3cc(C)n4nc(C)cc4n3)CCO2)c1. The molecule has 0 aliphatic carbocycles. The van der Waals surface area contributed by atoms with Crippen LogP contribution in [0.1, 0.15) is 27.4 Å². The number of hydrogen-bond donors (Lipinski definition) is 0. The van der Waals surface area contributed by atoms with E-state index in [-0.39, 0.29) is 12.0 Å². The molecule has 2 aromatic heterocycles. The van der Waals surface area contributed by atoms with Gasteiger partial charge in [0.1, 0.15) is 11.4 Å². The second kappa shape index (κ2) is 7.59. The smallest absolute Gasteiger partial charge is 0.272 e. The molecule has 1 amide bonds. The van der Waals surface area contributed by atoms with Gasteiger partial charge in [0.15, 0.2) is 5.65 Å². The summed E-state index contributed by atoms with van der Waals surface area (Å²) in [5.74, 6) is 0.758. The van der Waals surface area contributed by atoms with Crippen molar-refractivity contribution in [1.82, 2.24) is 19.5 Å². The summed E-state index contributed by atoms with van der Waals surface area (Å²) in [5.41, 5.74) is 4.05. The minimum absolute atomic E-state index is 0.0492. The van der Waals surface area contributed by atoms with Crippen molar-refractivity contribution < 1.29 is 14.3 Å². The van der Waals surface area contributed by atoms with Crippen molar-refractivity contribution in [3.05, 3.63) is 59.0 Å². The minimum atomic E-state index is -0.0663. The van der Waals surface area contributed by atoms with E-state index in [1.165, 1.54) is 0 Å². The summed E-state index contributed by atoms with van der Waals surface area (Å²) in [7, 11) is 1.66. The zero-order chi connectivity index (χ0) is 19.7. The third-order valence-corrected chi connectivity index (χ3v) is 4.97. The zero-order valence-corrected chi connectivity index (χ0v) is 16.4. The Morgan fingerprint density at radius 2 is 2.14 bits per heavy atom. The molecule has 0 N–H and O–H groups in total. The Bertz CT molecular complexity index is 1010. The van der Waals surface area contributed by atoms with Crippen molar-refractivity contribution in [3.8, 4) is 5.75 Å². The molecule has 3 aromatic rings. The molecule has 1 aromatic carbocycles. The van der Waals surface area contributed by atoms with Crippen molar-refractivity contribution in [2.45, 2.75) is 26.4 Å². The van der Waals surface area contributed by atoms with Crippen molar-refractivity contribution in [3.63, 3.8) is 0 Å². The quantitative estimate of drug-likeness (QED) is 0.695. The number of aromatic nitrogens is 3. The number of aryl methyl sites for hydroxylation is 2. The summed E-state index contributed by atoms with van der Waals surface area (Å²) in [6, 6.07) is 11.6. The maximum absolute atomic E-state index is 13.1. The monoisotopic (exact) mass is 380 g/mol. The average molecular weight is 380 g/mol. The van der Waals surface area contributed by atoms with Crippen molar-refractivity contribution >= 4 is 11.6 Å². The molecule has 0 spiro atoms. The molecule has 146 valence electrons. The first kappa shape index (κ1) is 18.4. The van der Waals surface area contributed by atoms with Crippen LogP contribution in [0.5, 0.6) is 5.75 Å². The third kappa shape index (κ3) is 3.71. The topological polar surface area (TPSA) is 69.0 Å². The van der Waals surface area contributed by atoms with E-state index in [4.69, 9.17) is 9.47 Å². The van der Waals surface area contributed by atoms with E-state index in [9.17, 15) is 4.79 Å². The molecule has 0 bridgehead atoms. The van der Waals surface area contributed by atoms with Crippen LogP contribution < -0.4 is 4.74 Å². The number of methoxy groups -OCH3 is 1. The Morgan fingerprint density at radius 1 is 1.29 bits per heavy atom. The molecule has 1 aliphatic heterocycles. The molecule has 7 heteroatoms. The van der Waals surface area contributed by atoms with Crippen molar-refractivity contribution in [2.24, 2.45) is 0 Å². The third-order valence-electron chi connectivity index (χ3n) is 4.97. The average Bonchev–Trinajstić information content (AvgIpc) is 3.08. The second-order valence-corrected chi connectivity index (χ2v) is 7.14. The molecule has 4 rings (SSSR count). The summed E-state index contributed by atoms with van der Waals surface area (Å²) in [5, 5.41) is 4.40. The van der Waals surface area contributed by atoms with Crippen LogP contribution in [0, 0.1) is 13.8 Å². The highest BCUT2D eigenvalue weighted by Gasteiger charge is 2.26. The molecule has 28 heavy (non-hydrogen) atoms. The first-order valence-electron chi connectivity index (χ1n) is 9.41. The molecule has 1 fully saturated rings. The van der Waals surface area contributed by atoms with Gasteiger partial charge in [-0.1, -0.05) is 12.1 Å². The van der Waals surface area contributed by atoms with E-state index in [1.54, 1.807) is 17.7 Å². The Balaban J connectivity index is 1.50. The van der Waals surface area contributed by atoms with Crippen LogP contribution in [0.4, 0.5) is 0 Å². The number of hydrogen-bond acceptors (Lipinski definition) is 5. The van der Waals surface area contributed by atoms with Crippen LogP contribution in [0.2, 0.25) is 0 Å². The molecular formula is C21H24N4O3. The van der Waals surface area contributed by atoms with Gasteiger partial charge < -0.3 is 14.4 Å². The number of nitrogens with zero attached hydrogens (tertiary/aromatic N) is 4. The molecule has 1 saturated heterocycles. The van der Waals surface area contributed by atoms with Gasteiger partial charge in [-0.2, -0.15) is 5.10 Å². The first-order valence-corrected chi connectivity index (χ1v) is 9.41. The fraction of sp³-hybridized carbons (Fsp3) is 0.381. The minimum Gasteiger partial charge on any atom is -0.497 e. The normalized spacial score (nSPS) is 17.1. The van der Waals surface area contributed by atoms with Gasteiger partial charge in [0.25, 0.3) is 5.91 Å². The fourth-order valence-corrected chi connectivity index (χ4v) is 3.60. The first-order chi connectivity index (χ1) is 13.5. The zero-order valence-electron chi connectivity index (χ0n) is 16.4. The Hall–Kier alpha value is -2.93. The number of carbonyl (C=O) groups excluding carboxylic acids is 1. The van der Waals surface area contributed by atoms with Gasteiger partial charge >= 0.3 is 0 Å². The second-order valence-electron chi connectivity index (χ2n) is 7.14. The van der Waals surface area contributed by atoms with Crippen LogP contribution in [0.15, 0.2) is 36.4 Å². The van der Waals surface area contributed by atoms with Crippen LogP contribution in [-0.2, 0) is 11.2 Å². The van der Waals surface area contributed by atoms with Gasteiger partial charge in [-0.05, 0) is 37.6 Å². The summed E-state index contributed by atoms with van der Waals surface area (Å²) in [4.78, 5) is 19.4. The molecule has 7 nitrogen and oxygen atoms in total. The van der Waals surface area contributed by atoms with Gasteiger partial charge in [-0.3, -0.25) is 4.79 Å². The van der Waals surface area contributed by atoms with Gasteiger partial charge in [-0.15, -0.1) is 0 Å². The molecule has 0 saturated carbocycles. The van der Waals surface area contributed by atoms with Crippen LogP contribution in [-0.4, -0.2) is 58.3 Å². The van der Waals surface area contributed by atoms with Crippen LogP contribution >= 0.6 is 0 Å². The standard InChI is InChI=1S/C21H24N4O3/c1-14-9-20-22-19(10-15(2)25(20)23-14)21(26)24-7-8-28-18(13-24)12-16-5-4-6-17(11-16)27-3/h4-6,9-11,18H,7-8,12-13H2,1-3H3/t18-/m1/s1. The van der Waals surface area contributed by atoms with E-state index < -0.39 is 0 Å². The van der Waals surface area contributed by atoms with Crippen molar-refractivity contribution in [1.29, 1.82) is 0 Å². The summed E-state index contributed by atoms with van der Waals surface area (Å²) < 4.78 is 12.9. The molecule has 0 radical (unpaired) electrons. The molecular weight excluding hydrogens is 356 g/mol. The predicted molar refractivity (Wildman–Crippen MR) is 105 cm³/mol. The lowest BCUT2D eigenvalue weighted by atomic mass is 10.1. The molecule has 1 aliphatic rings. The number of fused-ring (bicyclic) bond motifs is 1. The van der Waals surface area contributed by atoms with E-state index in [0.717, 1.165) is 29.1 Å². The molecule has 0 unspecified atom stereocenters. The maximum atomic E-state index is 13.1. The van der Waals surface area contributed by atoms with Gasteiger partial charge in [0, 0.05) is 31.3 Å². The number of amides is 1. The van der Waals surface area contributed by atoms with E-state index in [1.807, 2.05) is 49.1 Å². The lowest BCUT2D eigenvalue weighted by Gasteiger charge is -2.33. The summed E-state index contributed by atoms with van der Waals surface area (Å²) in [6.07, 6.45) is 0.681. The van der Waals surface area contributed by atoms with E-state index in [0.29, 0.717) is 31.0 Å². The summed E-state index contributed by atoms with van der Waals surface area (Å²) >= 11 is 0. The Kier molecular flexibility index (Phi) is 5.00. The highest BCUT2D eigenvalue weighted by molar-refractivity contribution is 5.93. The number of carbonyl (C=O) groups is 1. The lowest BCUT2D eigenvalue weighted by molar-refractivity contribution is -0.0210. The molecule has 1 atom stereocenters. The number of morpholine rings is 1. The maximum Gasteiger partial charge on any atom is 0.272 e. The van der Waals surface area contributed by atoms with Gasteiger partial charge in [0.05, 0.1) is 25.5 Å². The Labute approximate surface area is 163 Å². The van der Waals surface area contributed by atoms with Gasteiger partial charge in [0.2, 0.25) is 0 Å². The Morgan fingerprint density at radius 3 is 2.96 bits per heavy atom. The summed E-state index contributed by atoms with van der Waals surface area (Å²) in [6.45, 7) is 5.48. The fourth-order valence-electron chi connectivity index (χ4n) is 3.60. The molecule has 3 heterocycles. The number of ether oxygens (including phenoxy) is 2. The highest BCUT2D eigenvalue weighted by Crippen LogP contribution is 2.18. The van der Waals surface area contributed by atoms with Crippen LogP contribution in [0.25, 0.3) is 5.65 Å². The van der Waals surface area contributed by atoms with Crippen molar-refractivity contribution in [2.75, 3.05) is 26.8 Å².